The zero-order chi connectivity index (χ0) is 6.41. The van der Waals surface area contributed by atoms with Crippen molar-refractivity contribution < 1.29 is 9.09 Å². The van der Waals surface area contributed by atoms with E-state index in [0.717, 1.165) is 0 Å². The van der Waals surface area contributed by atoms with Gasteiger partial charge in [0.2, 0.25) is 0 Å². The summed E-state index contributed by atoms with van der Waals surface area (Å²) in [5.74, 6) is 0.325. The molecule has 0 fully saturated rings. The van der Waals surface area contributed by atoms with E-state index in [2.05, 4.69) is 4.52 Å². The molecule has 0 saturated carbocycles. The SMILES string of the molecule is O=[PH+]OCC(Cl)CCl. The predicted molar refractivity (Wildman–Crippen MR) is 35.3 cm³/mol. The van der Waals surface area contributed by atoms with Crippen LogP contribution in [0.2, 0.25) is 0 Å². The van der Waals surface area contributed by atoms with Crippen molar-refractivity contribution in [2.75, 3.05) is 12.5 Å². The Morgan fingerprint density at radius 2 is 2.38 bits per heavy atom. The molecule has 8 heavy (non-hydrogen) atoms. The monoisotopic (exact) mass is 175 g/mol. The summed E-state index contributed by atoms with van der Waals surface area (Å²) in [5.41, 5.74) is 0. The summed E-state index contributed by atoms with van der Waals surface area (Å²) in [6, 6.07) is 0. The number of hydrogen-bond donors (Lipinski definition) is 0. The highest BCUT2D eigenvalue weighted by molar-refractivity contribution is 7.17. The first-order chi connectivity index (χ1) is 3.81. The number of rotatable bonds is 4. The summed E-state index contributed by atoms with van der Waals surface area (Å²) in [6.45, 7) is 0.257. The molecule has 0 aromatic carbocycles. The van der Waals surface area contributed by atoms with Crippen molar-refractivity contribution in [1.82, 2.24) is 0 Å². The highest BCUT2D eigenvalue weighted by atomic mass is 35.5. The first-order valence-electron chi connectivity index (χ1n) is 2.00. The fourth-order valence-corrected chi connectivity index (χ4v) is 0.696. The van der Waals surface area contributed by atoms with Gasteiger partial charge in [0, 0.05) is 5.88 Å². The van der Waals surface area contributed by atoms with Crippen LogP contribution in [0.4, 0.5) is 0 Å². The van der Waals surface area contributed by atoms with E-state index in [0.29, 0.717) is 5.88 Å². The molecule has 0 N–H and O–H groups in total. The minimum absolute atomic E-state index is 0.224. The standard InChI is InChI=1S/C3H6Cl2O2P/c4-1-3(5)2-7-8-6/h3,8H,1-2H2/q+1. The fourth-order valence-electron chi connectivity index (χ4n) is 0.169. The smallest absolute Gasteiger partial charge is 0.146 e. The van der Waals surface area contributed by atoms with Crippen molar-refractivity contribution >= 4 is 31.9 Å². The van der Waals surface area contributed by atoms with Crippen LogP contribution in [-0.4, -0.2) is 17.9 Å². The van der Waals surface area contributed by atoms with E-state index in [-0.39, 0.29) is 12.0 Å². The molecule has 0 aliphatic rings. The molecular formula is C3H6Cl2O2P+. The van der Waals surface area contributed by atoms with Crippen molar-refractivity contribution in [2.45, 2.75) is 5.38 Å². The zero-order valence-electron chi connectivity index (χ0n) is 4.06. The van der Waals surface area contributed by atoms with Crippen molar-refractivity contribution in [3.63, 3.8) is 0 Å². The molecule has 0 rings (SSSR count). The molecule has 0 saturated heterocycles. The molecule has 0 aromatic heterocycles. The van der Waals surface area contributed by atoms with Gasteiger partial charge in [0.1, 0.15) is 6.61 Å². The van der Waals surface area contributed by atoms with Gasteiger partial charge in [0.05, 0.1) is 5.38 Å². The lowest BCUT2D eigenvalue weighted by atomic mass is 10.5. The third-order valence-corrected chi connectivity index (χ3v) is 1.59. The highest BCUT2D eigenvalue weighted by Crippen LogP contribution is 2.03. The molecule has 48 valence electrons. The van der Waals surface area contributed by atoms with Crippen LogP contribution in [0.25, 0.3) is 0 Å². The Morgan fingerprint density at radius 1 is 1.75 bits per heavy atom. The molecule has 2 nitrogen and oxygen atoms in total. The van der Waals surface area contributed by atoms with E-state index in [9.17, 15) is 4.57 Å². The molecule has 0 aliphatic heterocycles. The maximum absolute atomic E-state index is 9.65. The van der Waals surface area contributed by atoms with Gasteiger partial charge in [-0.05, 0) is 4.57 Å². The molecule has 0 radical (unpaired) electrons. The lowest BCUT2D eigenvalue weighted by Gasteiger charge is -1.94. The lowest BCUT2D eigenvalue weighted by Crippen LogP contribution is -2.05. The van der Waals surface area contributed by atoms with Gasteiger partial charge in [-0.15, -0.1) is 27.7 Å². The third-order valence-electron chi connectivity index (χ3n) is 0.491. The van der Waals surface area contributed by atoms with Crippen LogP contribution in [0.3, 0.4) is 0 Å². The minimum Gasteiger partial charge on any atom is -0.146 e. The maximum atomic E-state index is 9.65. The fraction of sp³-hybridized carbons (Fsp3) is 1.00. The summed E-state index contributed by atoms with van der Waals surface area (Å²) in [4.78, 5) is 0. The second-order valence-corrected chi connectivity index (χ2v) is 2.53. The van der Waals surface area contributed by atoms with Gasteiger partial charge in [0.25, 0.3) is 0 Å². The van der Waals surface area contributed by atoms with Crippen LogP contribution in [0, 0.1) is 0 Å². The molecule has 0 spiro atoms. The van der Waals surface area contributed by atoms with Crippen LogP contribution in [-0.2, 0) is 9.09 Å². The molecule has 0 aromatic rings. The Kier molecular flexibility index (Phi) is 6.23. The molecular weight excluding hydrogens is 170 g/mol. The summed E-state index contributed by atoms with van der Waals surface area (Å²) in [6.07, 6.45) is 0. The first kappa shape index (κ1) is 8.64. The van der Waals surface area contributed by atoms with Crippen LogP contribution in [0.5, 0.6) is 0 Å². The number of halogens is 2. The lowest BCUT2D eigenvalue weighted by molar-refractivity contribution is 0.346. The Morgan fingerprint density at radius 3 is 2.75 bits per heavy atom. The van der Waals surface area contributed by atoms with Crippen molar-refractivity contribution in [1.29, 1.82) is 0 Å². The zero-order valence-corrected chi connectivity index (χ0v) is 6.58. The Bertz CT molecular complexity index is 70.3. The average Bonchev–Trinajstić information content (AvgIpc) is 1.83. The molecule has 2 unspecified atom stereocenters. The summed E-state index contributed by atoms with van der Waals surface area (Å²) in [5, 5.41) is -0.224. The van der Waals surface area contributed by atoms with Gasteiger partial charge in [-0.1, -0.05) is 0 Å². The Balaban J connectivity index is 2.97. The largest absolute Gasteiger partial charge is 0.494 e. The van der Waals surface area contributed by atoms with Crippen molar-refractivity contribution in [3.05, 3.63) is 0 Å². The van der Waals surface area contributed by atoms with Crippen LogP contribution >= 0.6 is 31.9 Å². The second-order valence-electron chi connectivity index (χ2n) is 1.15. The maximum Gasteiger partial charge on any atom is 0.494 e. The van der Waals surface area contributed by atoms with Gasteiger partial charge in [-0.2, -0.15) is 0 Å². The Labute approximate surface area is 59.4 Å². The van der Waals surface area contributed by atoms with Gasteiger partial charge >= 0.3 is 8.69 Å². The van der Waals surface area contributed by atoms with Crippen molar-refractivity contribution in [3.8, 4) is 0 Å². The third kappa shape index (κ3) is 4.79. The molecule has 0 heterocycles. The van der Waals surface area contributed by atoms with Gasteiger partial charge < -0.3 is 0 Å². The molecule has 0 aliphatic carbocycles. The van der Waals surface area contributed by atoms with Crippen LogP contribution in [0.15, 0.2) is 0 Å². The van der Waals surface area contributed by atoms with Gasteiger partial charge in [0.15, 0.2) is 0 Å². The summed E-state index contributed by atoms with van der Waals surface area (Å²) < 4.78 is 14.1. The van der Waals surface area contributed by atoms with E-state index in [1.54, 1.807) is 0 Å². The predicted octanol–water partition coefficient (Wildman–Crippen LogP) is 1.79. The van der Waals surface area contributed by atoms with E-state index < -0.39 is 8.69 Å². The van der Waals surface area contributed by atoms with E-state index in [1.165, 1.54) is 0 Å². The summed E-state index contributed by atoms with van der Waals surface area (Å²) >= 11 is 10.7. The quantitative estimate of drug-likeness (QED) is 0.482. The Hall–Kier alpha value is 0.640. The molecule has 5 heteroatoms. The normalized spacial score (nSPS) is 14.2. The van der Waals surface area contributed by atoms with Gasteiger partial charge in [-0.25, -0.2) is 0 Å². The molecule has 0 amide bonds. The van der Waals surface area contributed by atoms with Crippen LogP contribution < -0.4 is 0 Å². The van der Waals surface area contributed by atoms with Crippen molar-refractivity contribution in [2.24, 2.45) is 0 Å². The van der Waals surface area contributed by atoms with Gasteiger partial charge in [-0.3, -0.25) is 0 Å². The second kappa shape index (κ2) is 5.77. The van der Waals surface area contributed by atoms with E-state index in [4.69, 9.17) is 23.2 Å². The topological polar surface area (TPSA) is 26.3 Å². The summed E-state index contributed by atoms with van der Waals surface area (Å²) in [7, 11) is -0.739. The van der Waals surface area contributed by atoms with Crippen LogP contribution in [0.1, 0.15) is 0 Å². The average molecular weight is 176 g/mol. The van der Waals surface area contributed by atoms with E-state index >= 15 is 0 Å². The molecule has 0 bridgehead atoms. The number of alkyl halides is 2. The minimum atomic E-state index is -0.739. The highest BCUT2D eigenvalue weighted by Gasteiger charge is 2.03. The van der Waals surface area contributed by atoms with E-state index in [1.807, 2.05) is 0 Å². The first-order valence-corrected chi connectivity index (χ1v) is 3.79. The number of hydrogen-bond acceptors (Lipinski definition) is 2. The molecule has 2 atom stereocenters.